The summed E-state index contributed by atoms with van der Waals surface area (Å²) in [6.45, 7) is 1.57. The van der Waals surface area contributed by atoms with Crippen LogP contribution < -0.4 is 0 Å². The first-order valence-corrected chi connectivity index (χ1v) is 7.98. The van der Waals surface area contributed by atoms with E-state index in [1.54, 1.807) is 19.3 Å². The van der Waals surface area contributed by atoms with E-state index in [0.717, 1.165) is 5.56 Å². The van der Waals surface area contributed by atoms with Gasteiger partial charge in [0.15, 0.2) is 0 Å². The number of β-lactam (4-membered cyclic amide) rings is 1. The van der Waals surface area contributed by atoms with Crippen LogP contribution >= 0.6 is 11.8 Å². The van der Waals surface area contributed by atoms with Gasteiger partial charge in [-0.05, 0) is 18.6 Å². The van der Waals surface area contributed by atoms with Gasteiger partial charge in [0.2, 0.25) is 5.91 Å². The molecule has 116 valence electrons. The van der Waals surface area contributed by atoms with Gasteiger partial charge in [-0.3, -0.25) is 9.78 Å². The molecule has 1 amide bonds. The van der Waals surface area contributed by atoms with Crippen molar-refractivity contribution in [3.05, 3.63) is 40.7 Å². The highest BCUT2D eigenvalue weighted by atomic mass is 32.2. The number of rotatable bonds is 5. The summed E-state index contributed by atoms with van der Waals surface area (Å²) < 4.78 is 0. The van der Waals surface area contributed by atoms with Crippen LogP contribution in [0, 0.1) is 5.92 Å². The number of aliphatic carboxylic acids is 1. The summed E-state index contributed by atoms with van der Waals surface area (Å²) in [5.41, 5.74) is 1.07. The number of carbonyl (C=O) groups excluding carboxylic acids is 1. The lowest BCUT2D eigenvalue weighted by atomic mass is 9.83. The second-order valence-corrected chi connectivity index (χ2v) is 6.54. The van der Waals surface area contributed by atoms with Crippen LogP contribution in [0.4, 0.5) is 0 Å². The van der Waals surface area contributed by atoms with Crippen molar-refractivity contribution in [2.24, 2.45) is 5.92 Å². The molecule has 0 aliphatic carbocycles. The lowest BCUT2D eigenvalue weighted by Crippen LogP contribution is -2.61. The fourth-order valence-corrected chi connectivity index (χ4v) is 4.14. The number of aromatic nitrogens is 1. The molecule has 0 spiro atoms. The molecule has 3 heterocycles. The topological polar surface area (TPSA) is 90.7 Å². The summed E-state index contributed by atoms with van der Waals surface area (Å²) in [6.07, 6.45) is 3.16. The molecule has 0 radical (unpaired) electrons. The fraction of sp³-hybridized carbons (Fsp3) is 0.400. The molecule has 0 aromatic carbocycles. The molecule has 3 atom stereocenters. The molecule has 0 bridgehead atoms. The molecular formula is C15H16N2O4S. The van der Waals surface area contributed by atoms with Crippen molar-refractivity contribution in [3.8, 4) is 0 Å². The van der Waals surface area contributed by atoms with Gasteiger partial charge in [0.25, 0.3) is 0 Å². The smallest absolute Gasteiger partial charge is 0.353 e. The normalized spacial score (nSPS) is 25.0. The number of pyridine rings is 1. The van der Waals surface area contributed by atoms with Crippen LogP contribution in [0.2, 0.25) is 0 Å². The highest BCUT2D eigenvalue weighted by molar-refractivity contribution is 8.02. The van der Waals surface area contributed by atoms with E-state index < -0.39 is 18.0 Å². The Labute approximate surface area is 131 Å². The summed E-state index contributed by atoms with van der Waals surface area (Å²) in [7, 11) is 0. The summed E-state index contributed by atoms with van der Waals surface area (Å²) >= 11 is 1.42. The second kappa shape index (κ2) is 5.73. The van der Waals surface area contributed by atoms with Crippen LogP contribution in [-0.4, -0.2) is 44.1 Å². The average Bonchev–Trinajstić information content (AvgIpc) is 2.80. The minimum atomic E-state index is -1.09. The number of thioether (sulfide) groups is 1. The number of carboxylic acid groups (broad SMARTS) is 1. The number of hydrogen-bond acceptors (Lipinski definition) is 5. The highest BCUT2D eigenvalue weighted by Gasteiger charge is 2.56. The zero-order valence-electron chi connectivity index (χ0n) is 12.0. The maximum atomic E-state index is 12.1. The molecule has 1 aromatic rings. The van der Waals surface area contributed by atoms with Crippen LogP contribution in [-0.2, 0) is 15.3 Å². The molecule has 1 fully saturated rings. The van der Waals surface area contributed by atoms with Gasteiger partial charge in [-0.2, -0.15) is 0 Å². The van der Waals surface area contributed by atoms with E-state index in [4.69, 9.17) is 0 Å². The van der Waals surface area contributed by atoms with E-state index in [1.807, 2.05) is 12.1 Å². The number of carboxylic acids is 1. The van der Waals surface area contributed by atoms with Gasteiger partial charge in [-0.15, -0.1) is 11.8 Å². The number of amides is 1. The lowest BCUT2D eigenvalue weighted by Gasteiger charge is -2.44. The second-order valence-electron chi connectivity index (χ2n) is 5.47. The van der Waals surface area contributed by atoms with Crippen molar-refractivity contribution in [3.63, 3.8) is 0 Å². The fourth-order valence-electron chi connectivity index (χ4n) is 3.01. The molecule has 1 saturated heterocycles. The number of nitrogens with zero attached hydrogens (tertiary/aromatic N) is 2. The zero-order chi connectivity index (χ0) is 15.9. The van der Waals surface area contributed by atoms with Gasteiger partial charge in [-0.25, -0.2) is 4.79 Å². The number of aliphatic hydroxyl groups is 1. The molecule has 22 heavy (non-hydrogen) atoms. The molecule has 3 rings (SSSR count). The Morgan fingerprint density at radius 2 is 2.36 bits per heavy atom. The van der Waals surface area contributed by atoms with Gasteiger partial charge in [0.05, 0.1) is 18.1 Å². The summed E-state index contributed by atoms with van der Waals surface area (Å²) in [6, 6.07) is 3.53. The van der Waals surface area contributed by atoms with Crippen LogP contribution in [0.25, 0.3) is 0 Å². The molecule has 0 saturated carbocycles. The van der Waals surface area contributed by atoms with E-state index in [1.165, 1.54) is 16.7 Å². The van der Waals surface area contributed by atoms with Gasteiger partial charge in [-0.1, -0.05) is 6.07 Å². The maximum absolute atomic E-state index is 12.1. The van der Waals surface area contributed by atoms with Crippen LogP contribution in [0.3, 0.4) is 0 Å². The zero-order valence-corrected chi connectivity index (χ0v) is 12.8. The van der Waals surface area contributed by atoms with Crippen molar-refractivity contribution in [2.75, 3.05) is 0 Å². The molecule has 1 aromatic heterocycles. The van der Waals surface area contributed by atoms with E-state index in [9.17, 15) is 19.8 Å². The molecule has 6 nitrogen and oxygen atoms in total. The maximum Gasteiger partial charge on any atom is 0.353 e. The highest BCUT2D eigenvalue weighted by Crippen LogP contribution is 2.47. The Balaban J connectivity index is 1.78. The van der Waals surface area contributed by atoms with Crippen LogP contribution in [0.5, 0.6) is 0 Å². The first-order chi connectivity index (χ1) is 10.5. The predicted octanol–water partition coefficient (Wildman–Crippen LogP) is 1.22. The number of hydrogen-bond donors (Lipinski definition) is 2. The first kappa shape index (κ1) is 15.1. The molecular weight excluding hydrogens is 304 g/mol. The Morgan fingerprint density at radius 3 is 2.95 bits per heavy atom. The predicted molar refractivity (Wildman–Crippen MR) is 80.6 cm³/mol. The minimum Gasteiger partial charge on any atom is -0.477 e. The molecule has 2 N–H and O–H groups in total. The average molecular weight is 320 g/mol. The summed E-state index contributed by atoms with van der Waals surface area (Å²) in [5.74, 6) is -1.28. The number of carbonyl (C=O) groups is 2. The van der Waals surface area contributed by atoms with E-state index in [-0.39, 0.29) is 17.6 Å². The van der Waals surface area contributed by atoms with Crippen molar-refractivity contribution in [2.45, 2.75) is 31.2 Å². The van der Waals surface area contributed by atoms with Crippen molar-refractivity contribution in [1.29, 1.82) is 0 Å². The molecule has 2 aliphatic heterocycles. The Hall–Kier alpha value is -1.86. The Morgan fingerprint density at radius 1 is 1.59 bits per heavy atom. The van der Waals surface area contributed by atoms with Gasteiger partial charge in [0, 0.05) is 29.5 Å². The number of aliphatic hydroxyl groups excluding tert-OH is 1. The van der Waals surface area contributed by atoms with Crippen LogP contribution in [0.1, 0.15) is 18.9 Å². The Kier molecular flexibility index (Phi) is 3.92. The van der Waals surface area contributed by atoms with Crippen molar-refractivity contribution >= 4 is 23.6 Å². The third kappa shape index (κ3) is 2.40. The van der Waals surface area contributed by atoms with E-state index in [2.05, 4.69) is 4.98 Å². The quantitative estimate of drug-likeness (QED) is 0.793. The molecule has 3 unspecified atom stereocenters. The standard InChI is InChI=1S/C15H16N2O4S/c1-8(18)12-10-5-11(13(15(20)21)17(10)14(12)19)22-7-9-3-2-4-16-6-9/h2-4,6,8,10,12,18H,5,7H2,1H3,(H,20,21). The van der Waals surface area contributed by atoms with Crippen molar-refractivity contribution < 1.29 is 19.8 Å². The lowest BCUT2D eigenvalue weighted by molar-refractivity contribution is -0.161. The summed E-state index contributed by atoms with van der Waals surface area (Å²) in [5, 5.41) is 19.1. The summed E-state index contributed by atoms with van der Waals surface area (Å²) in [4.78, 5) is 29.6. The van der Waals surface area contributed by atoms with E-state index >= 15 is 0 Å². The third-order valence-corrected chi connectivity index (χ3v) is 5.21. The largest absolute Gasteiger partial charge is 0.477 e. The SMILES string of the molecule is CC(O)C1C(=O)N2C(C(=O)O)=C(SCc3cccnc3)CC12. The molecule has 2 aliphatic rings. The Bertz CT molecular complexity index is 644. The first-order valence-electron chi connectivity index (χ1n) is 7.00. The van der Waals surface area contributed by atoms with E-state index in [0.29, 0.717) is 17.1 Å². The number of fused-ring (bicyclic) bond motifs is 1. The minimum absolute atomic E-state index is 0.0702. The van der Waals surface area contributed by atoms with Gasteiger partial charge < -0.3 is 15.1 Å². The molecule has 7 heteroatoms. The van der Waals surface area contributed by atoms with Crippen molar-refractivity contribution in [1.82, 2.24) is 9.88 Å². The van der Waals surface area contributed by atoms with Gasteiger partial charge >= 0.3 is 5.97 Å². The van der Waals surface area contributed by atoms with Gasteiger partial charge in [0.1, 0.15) is 5.70 Å². The monoisotopic (exact) mass is 320 g/mol. The van der Waals surface area contributed by atoms with Crippen LogP contribution in [0.15, 0.2) is 35.1 Å². The third-order valence-electron chi connectivity index (χ3n) is 4.03.